The first-order valence-electron chi connectivity index (χ1n) is 31.9. The summed E-state index contributed by atoms with van der Waals surface area (Å²) in [6.07, 6.45) is 57.2. The minimum atomic E-state index is -1.92. The van der Waals surface area contributed by atoms with Crippen LogP contribution in [0.25, 0.3) is 0 Å². The molecule has 0 aliphatic carbocycles. The number of aliphatic carboxylic acids is 1. The van der Waals surface area contributed by atoms with Crippen LogP contribution in [0.3, 0.4) is 0 Å². The van der Waals surface area contributed by atoms with Crippen LogP contribution in [0.5, 0.6) is 0 Å². The van der Waals surface area contributed by atoms with Crippen molar-refractivity contribution in [1.82, 2.24) is 0 Å². The Kier molecular flexibility index (Phi) is 50.7. The summed E-state index contributed by atoms with van der Waals surface area (Å²) in [7, 11) is 0. The van der Waals surface area contributed by atoms with Gasteiger partial charge < -0.3 is 39.0 Å². The molecule has 1 aliphatic rings. The molecule has 3 N–H and O–H groups in total. The van der Waals surface area contributed by atoms with Crippen LogP contribution in [0.1, 0.15) is 278 Å². The van der Waals surface area contributed by atoms with Gasteiger partial charge in [-0.3, -0.25) is 14.4 Å². The molecule has 454 valence electrons. The van der Waals surface area contributed by atoms with Crippen molar-refractivity contribution >= 4 is 23.9 Å². The second kappa shape index (κ2) is 54.7. The molecule has 0 aromatic heterocycles. The van der Waals surface area contributed by atoms with E-state index in [0.29, 0.717) is 25.7 Å². The van der Waals surface area contributed by atoms with E-state index >= 15 is 0 Å². The summed E-state index contributed by atoms with van der Waals surface area (Å²) in [4.78, 5) is 51.3. The van der Waals surface area contributed by atoms with Gasteiger partial charge in [0, 0.05) is 19.3 Å². The van der Waals surface area contributed by atoms with Gasteiger partial charge in [-0.2, -0.15) is 0 Å². The van der Waals surface area contributed by atoms with Gasteiger partial charge in [-0.05, 0) is 89.9 Å². The van der Waals surface area contributed by atoms with Crippen molar-refractivity contribution in [3.05, 3.63) is 72.9 Å². The number of ether oxygens (including phenoxy) is 5. The number of carboxylic acid groups (broad SMARTS) is 1. The molecule has 79 heavy (non-hydrogen) atoms. The Hall–Kier alpha value is -3.84. The van der Waals surface area contributed by atoms with E-state index < -0.39 is 67.3 Å². The fraction of sp³-hybridized carbons (Fsp3) is 0.761. The van der Waals surface area contributed by atoms with Crippen LogP contribution >= 0.6 is 0 Å². The minimum Gasteiger partial charge on any atom is -0.479 e. The lowest BCUT2D eigenvalue weighted by Gasteiger charge is -2.40. The molecule has 1 saturated heterocycles. The van der Waals surface area contributed by atoms with E-state index in [1.165, 1.54) is 128 Å². The van der Waals surface area contributed by atoms with E-state index in [4.69, 9.17) is 23.7 Å². The summed E-state index contributed by atoms with van der Waals surface area (Å²) in [6.45, 7) is 5.86. The number of esters is 3. The molecule has 1 fully saturated rings. The Bertz CT molecular complexity index is 1650. The minimum absolute atomic E-state index is 0.00760. The van der Waals surface area contributed by atoms with Crippen LogP contribution in [-0.2, 0) is 42.9 Å². The first kappa shape index (κ1) is 73.2. The average molecular weight is 1110 g/mol. The Morgan fingerprint density at radius 2 is 0.797 bits per heavy atom. The third kappa shape index (κ3) is 44.5. The summed E-state index contributed by atoms with van der Waals surface area (Å²) in [5, 5.41) is 31.5. The van der Waals surface area contributed by atoms with Crippen LogP contribution in [0.4, 0.5) is 0 Å². The number of carboxylic acids is 1. The lowest BCUT2D eigenvalue weighted by atomic mass is 9.98. The van der Waals surface area contributed by atoms with Crippen molar-refractivity contribution < 1.29 is 58.2 Å². The lowest BCUT2D eigenvalue weighted by Crippen LogP contribution is -2.61. The highest BCUT2D eigenvalue weighted by Crippen LogP contribution is 2.26. The number of carbonyl (C=O) groups is 4. The first-order chi connectivity index (χ1) is 38.6. The van der Waals surface area contributed by atoms with Gasteiger partial charge in [-0.15, -0.1) is 0 Å². The van der Waals surface area contributed by atoms with Gasteiger partial charge in [-0.25, -0.2) is 4.79 Å². The maximum atomic E-state index is 13.2. The number of hydrogen-bond donors (Lipinski definition) is 3. The zero-order valence-corrected chi connectivity index (χ0v) is 50.1. The highest BCUT2D eigenvalue weighted by molar-refractivity contribution is 5.74. The number of aliphatic hydroxyl groups excluding tert-OH is 2. The van der Waals surface area contributed by atoms with Gasteiger partial charge in [-0.1, -0.05) is 241 Å². The van der Waals surface area contributed by atoms with E-state index in [1.807, 2.05) is 0 Å². The molecule has 12 heteroatoms. The molecule has 1 heterocycles. The van der Waals surface area contributed by atoms with Crippen LogP contribution in [0, 0.1) is 0 Å². The summed E-state index contributed by atoms with van der Waals surface area (Å²) in [5.41, 5.74) is 0. The van der Waals surface area contributed by atoms with E-state index in [0.717, 1.165) is 83.5 Å². The molecule has 6 unspecified atom stereocenters. The van der Waals surface area contributed by atoms with Crippen molar-refractivity contribution in [3.63, 3.8) is 0 Å². The zero-order valence-electron chi connectivity index (χ0n) is 50.1. The van der Waals surface area contributed by atoms with Gasteiger partial charge in [0.05, 0.1) is 6.61 Å². The SMILES string of the molecule is CC/C=C\C/C=C\C/C=C\C/C=C\CCCCC(=O)OC1C(OCC(COC(=O)CCCCCCCCCCC/C=C\C/C=C\CCCCC)OC(=O)CCCCCCCCCCCCCCCCC)OC(C(=O)O)C(O)C1O. The van der Waals surface area contributed by atoms with Crippen molar-refractivity contribution in [2.45, 2.75) is 314 Å². The quantitative estimate of drug-likeness (QED) is 0.0228. The molecule has 1 rings (SSSR count). The third-order valence-corrected chi connectivity index (χ3v) is 14.3. The van der Waals surface area contributed by atoms with Gasteiger partial charge in [0.15, 0.2) is 24.6 Å². The summed E-state index contributed by atoms with van der Waals surface area (Å²) in [5.74, 6) is -3.16. The van der Waals surface area contributed by atoms with Crippen LogP contribution in [0.15, 0.2) is 72.9 Å². The summed E-state index contributed by atoms with van der Waals surface area (Å²) in [6, 6.07) is 0. The van der Waals surface area contributed by atoms with E-state index in [2.05, 4.69) is 93.7 Å². The Morgan fingerprint density at radius 3 is 1.27 bits per heavy atom. The number of carbonyl (C=O) groups excluding carboxylic acids is 3. The predicted molar refractivity (Wildman–Crippen MR) is 322 cm³/mol. The van der Waals surface area contributed by atoms with Crippen LogP contribution in [0.2, 0.25) is 0 Å². The molecule has 6 atom stereocenters. The molecule has 0 amide bonds. The molecule has 0 spiro atoms. The number of hydrogen-bond acceptors (Lipinski definition) is 11. The molecule has 1 aliphatic heterocycles. The molecule has 0 radical (unpaired) electrons. The highest BCUT2D eigenvalue weighted by atomic mass is 16.7. The Balaban J connectivity index is 2.68. The topological polar surface area (TPSA) is 175 Å². The van der Waals surface area contributed by atoms with E-state index in [9.17, 15) is 34.5 Å². The molecule has 0 aromatic rings. The average Bonchev–Trinajstić information content (AvgIpc) is 3.44. The van der Waals surface area contributed by atoms with Gasteiger partial charge >= 0.3 is 23.9 Å². The summed E-state index contributed by atoms with van der Waals surface area (Å²) >= 11 is 0. The highest BCUT2D eigenvalue weighted by Gasteiger charge is 2.50. The standard InChI is InChI=1S/C67H114O12/c1-4-7-10-13-16-19-22-25-28-29-30-31-34-35-38-41-44-47-50-53-59(68)75-56-58(77-60(69)54-51-48-45-42-39-36-32-26-23-20-17-14-11-8-5-2)57-76-67-65(63(72)62(71)64(79-67)66(73)74)78-61(70)55-52-49-46-43-40-37-33-27-24-21-18-15-12-9-6-3/h9,12,16,18-19,21,25,27-28,33,40,43,58,62-65,67,71-72H,4-8,10-11,13-15,17,20,22-24,26,29-32,34-39,41-42,44-57H2,1-3H3,(H,73,74)/b12-9-,19-16-,21-18-,28-25-,33-27-,43-40-. The molecular formula is C67H114O12. The molecule has 0 aromatic carbocycles. The fourth-order valence-corrected chi connectivity index (χ4v) is 9.39. The fourth-order valence-electron chi connectivity index (χ4n) is 9.39. The lowest BCUT2D eigenvalue weighted by molar-refractivity contribution is -0.301. The van der Waals surface area contributed by atoms with Gasteiger partial charge in [0.25, 0.3) is 0 Å². The van der Waals surface area contributed by atoms with Gasteiger partial charge in [0.2, 0.25) is 0 Å². The maximum Gasteiger partial charge on any atom is 0.335 e. The molecule has 0 saturated carbocycles. The number of allylic oxidation sites excluding steroid dienone is 12. The second-order valence-corrected chi connectivity index (χ2v) is 21.7. The monoisotopic (exact) mass is 1110 g/mol. The maximum absolute atomic E-state index is 13.2. The van der Waals surface area contributed by atoms with Crippen molar-refractivity contribution in [2.24, 2.45) is 0 Å². The van der Waals surface area contributed by atoms with E-state index in [1.54, 1.807) is 0 Å². The normalized spacial score (nSPS) is 18.3. The van der Waals surface area contributed by atoms with Crippen LogP contribution < -0.4 is 0 Å². The molecular weight excluding hydrogens is 997 g/mol. The van der Waals surface area contributed by atoms with E-state index in [-0.39, 0.29) is 25.9 Å². The Labute approximate surface area is 480 Å². The van der Waals surface area contributed by atoms with Crippen molar-refractivity contribution in [1.29, 1.82) is 0 Å². The van der Waals surface area contributed by atoms with Crippen LogP contribution in [-0.4, -0.2) is 89.2 Å². The largest absolute Gasteiger partial charge is 0.479 e. The predicted octanol–water partition coefficient (Wildman–Crippen LogP) is 16.9. The Morgan fingerprint density at radius 1 is 0.430 bits per heavy atom. The van der Waals surface area contributed by atoms with Gasteiger partial charge in [0.1, 0.15) is 18.8 Å². The third-order valence-electron chi connectivity index (χ3n) is 14.3. The second-order valence-electron chi connectivity index (χ2n) is 21.7. The number of aliphatic hydroxyl groups is 2. The van der Waals surface area contributed by atoms with Crippen molar-refractivity contribution in [2.75, 3.05) is 13.2 Å². The zero-order chi connectivity index (χ0) is 57.5. The number of rotatable bonds is 54. The summed E-state index contributed by atoms with van der Waals surface area (Å²) < 4.78 is 28.5. The molecule has 12 nitrogen and oxygen atoms in total. The van der Waals surface area contributed by atoms with Crippen molar-refractivity contribution in [3.8, 4) is 0 Å². The smallest absolute Gasteiger partial charge is 0.335 e. The molecule has 0 bridgehead atoms. The first-order valence-corrected chi connectivity index (χ1v) is 31.9. The number of unbranched alkanes of at least 4 members (excludes halogenated alkanes) is 28.